The molecule has 2 aliphatic heterocycles. The second kappa shape index (κ2) is 9.18. The van der Waals surface area contributed by atoms with Gasteiger partial charge in [0.15, 0.2) is 0 Å². The predicted octanol–water partition coefficient (Wildman–Crippen LogP) is 3.86. The summed E-state index contributed by atoms with van der Waals surface area (Å²) < 4.78 is 44.5. The molecule has 2 aromatic rings. The van der Waals surface area contributed by atoms with Crippen molar-refractivity contribution in [3.05, 3.63) is 76.1 Å². The summed E-state index contributed by atoms with van der Waals surface area (Å²) in [6.45, 7) is 4.42. The van der Waals surface area contributed by atoms with Gasteiger partial charge >= 0.3 is 6.18 Å². The number of alkyl halides is 3. The molecule has 1 saturated heterocycles. The number of hydrogen-bond donors (Lipinski definition) is 1. The van der Waals surface area contributed by atoms with Crippen LogP contribution in [0.1, 0.15) is 35.1 Å². The van der Waals surface area contributed by atoms with Crippen LogP contribution in [0.4, 0.5) is 13.2 Å². The topological polar surface area (TPSA) is 74.9 Å². The second-order valence-electron chi connectivity index (χ2n) is 8.05. The summed E-state index contributed by atoms with van der Waals surface area (Å²) in [6.07, 6.45) is -2.21. The quantitative estimate of drug-likeness (QED) is 0.677. The first-order chi connectivity index (χ1) is 15.6. The van der Waals surface area contributed by atoms with Crippen LogP contribution < -0.4 is 10.8 Å². The number of carbonyl (C=O) groups excluding carboxylic acids is 2. The molecule has 1 aromatic carbocycles. The molecule has 3 heterocycles. The Morgan fingerprint density at radius 2 is 1.88 bits per heavy atom. The first-order valence-corrected chi connectivity index (χ1v) is 11.2. The van der Waals surface area contributed by atoms with Gasteiger partial charge in [0.05, 0.1) is 10.9 Å². The maximum atomic E-state index is 13.2. The number of amides is 1. The number of carbonyl (C=O) groups is 2. The first-order valence-electron chi connectivity index (χ1n) is 10.3. The van der Waals surface area contributed by atoms with Gasteiger partial charge in [-0.15, -0.1) is 0 Å². The Labute approximate surface area is 192 Å². The van der Waals surface area contributed by atoms with E-state index in [9.17, 15) is 22.8 Å². The highest BCUT2D eigenvalue weighted by atomic mass is 32.2. The van der Waals surface area contributed by atoms with Crippen LogP contribution in [0.5, 0.6) is 0 Å². The molecule has 2 atom stereocenters. The molecule has 33 heavy (non-hydrogen) atoms. The fraction of sp³-hybridized carbons (Fsp3) is 0.348. The number of halogens is 3. The summed E-state index contributed by atoms with van der Waals surface area (Å²) in [4.78, 5) is 26.9. The van der Waals surface area contributed by atoms with Crippen molar-refractivity contribution in [2.75, 3.05) is 13.1 Å². The predicted molar refractivity (Wildman–Crippen MR) is 117 cm³/mol. The van der Waals surface area contributed by atoms with Crippen LogP contribution >= 0.6 is 11.8 Å². The van der Waals surface area contributed by atoms with Crippen LogP contribution in [-0.2, 0) is 15.8 Å². The molecule has 10 heteroatoms. The summed E-state index contributed by atoms with van der Waals surface area (Å²) in [5, 5.41) is 4.74. The molecular formula is C23H22F3N3O3S. The summed E-state index contributed by atoms with van der Waals surface area (Å²) in [5.41, 5.74) is 3.11. The lowest BCUT2D eigenvalue weighted by atomic mass is 9.97. The Morgan fingerprint density at radius 1 is 1.21 bits per heavy atom. The van der Waals surface area contributed by atoms with Crippen molar-refractivity contribution in [3.63, 3.8) is 0 Å². The van der Waals surface area contributed by atoms with Crippen LogP contribution in [0.3, 0.4) is 0 Å². The number of rotatable bonds is 4. The van der Waals surface area contributed by atoms with Crippen LogP contribution in [0.2, 0.25) is 0 Å². The number of aryl methyl sites for hydroxylation is 2. The van der Waals surface area contributed by atoms with E-state index in [2.05, 4.69) is 10.5 Å². The average molecular weight is 478 g/mol. The van der Waals surface area contributed by atoms with Gasteiger partial charge in [-0.1, -0.05) is 23.9 Å². The molecule has 4 rings (SSSR count). The van der Waals surface area contributed by atoms with Gasteiger partial charge in [0.2, 0.25) is 5.12 Å². The fourth-order valence-corrected chi connectivity index (χ4v) is 5.12. The van der Waals surface area contributed by atoms with Crippen molar-refractivity contribution in [2.45, 2.75) is 37.7 Å². The first kappa shape index (κ1) is 23.3. The summed E-state index contributed by atoms with van der Waals surface area (Å²) >= 11 is 1.27. The lowest BCUT2D eigenvalue weighted by Crippen LogP contribution is -2.44. The van der Waals surface area contributed by atoms with Gasteiger partial charge in [0.1, 0.15) is 17.6 Å². The van der Waals surface area contributed by atoms with E-state index in [1.165, 1.54) is 23.9 Å². The molecule has 0 aliphatic carbocycles. The van der Waals surface area contributed by atoms with Crippen molar-refractivity contribution in [1.29, 1.82) is 0 Å². The second-order valence-corrected chi connectivity index (χ2v) is 9.26. The standard InChI is InChI=1S/C23H22F3N3O3S/c1-13-9-18(10-14(2)32-13)27-28-22(31)21(15-3-5-17(6-4-15)23(24,25)26)29-8-7-19-16(12-29)11-20(30)33-19/h3-6,9-11,19,21H,7-8,12H2,1-2H3,(H,28,31). The van der Waals surface area contributed by atoms with Gasteiger partial charge < -0.3 is 4.42 Å². The Bertz CT molecular complexity index is 1150. The van der Waals surface area contributed by atoms with Gasteiger partial charge in [0.25, 0.3) is 5.91 Å². The third-order valence-corrected chi connectivity index (χ3v) is 6.70. The zero-order valence-corrected chi connectivity index (χ0v) is 18.8. The van der Waals surface area contributed by atoms with E-state index in [-0.39, 0.29) is 10.4 Å². The van der Waals surface area contributed by atoms with Gasteiger partial charge in [0, 0.05) is 30.5 Å². The molecule has 1 amide bonds. The number of fused-ring (bicyclic) bond motifs is 1. The average Bonchev–Trinajstić information content (AvgIpc) is 3.11. The Hall–Kier alpha value is -2.85. The van der Waals surface area contributed by atoms with Crippen LogP contribution in [0, 0.1) is 13.8 Å². The van der Waals surface area contributed by atoms with Gasteiger partial charge in [-0.3, -0.25) is 14.5 Å². The smallest absolute Gasteiger partial charge is 0.416 e. The van der Waals surface area contributed by atoms with Crippen molar-refractivity contribution < 1.29 is 27.2 Å². The van der Waals surface area contributed by atoms with E-state index in [1.807, 2.05) is 4.90 Å². The van der Waals surface area contributed by atoms with Crippen molar-refractivity contribution >= 4 is 22.8 Å². The van der Waals surface area contributed by atoms with E-state index >= 15 is 0 Å². The van der Waals surface area contributed by atoms with E-state index in [0.29, 0.717) is 42.0 Å². The summed E-state index contributed by atoms with van der Waals surface area (Å²) in [7, 11) is 0. The van der Waals surface area contributed by atoms with E-state index < -0.39 is 23.7 Å². The molecule has 174 valence electrons. The highest BCUT2D eigenvalue weighted by Gasteiger charge is 2.37. The lowest BCUT2D eigenvalue weighted by molar-refractivity contribution is -0.137. The highest BCUT2D eigenvalue weighted by molar-refractivity contribution is 8.15. The zero-order chi connectivity index (χ0) is 23.8. The summed E-state index contributed by atoms with van der Waals surface area (Å²) in [6, 6.07) is 7.04. The zero-order valence-electron chi connectivity index (χ0n) is 18.0. The van der Waals surface area contributed by atoms with Crippen LogP contribution in [0.25, 0.3) is 0 Å². The molecule has 2 aliphatic rings. The monoisotopic (exact) mass is 477 g/mol. The highest BCUT2D eigenvalue weighted by Crippen LogP contribution is 2.38. The molecule has 1 fully saturated rings. The normalized spacial score (nSPS) is 19.6. The largest absolute Gasteiger partial charge is 0.467 e. The molecule has 6 nitrogen and oxygen atoms in total. The maximum Gasteiger partial charge on any atom is 0.416 e. The Balaban J connectivity index is 1.64. The molecule has 1 N–H and O–H groups in total. The van der Waals surface area contributed by atoms with Crippen molar-refractivity contribution in [3.8, 4) is 0 Å². The molecule has 0 radical (unpaired) electrons. The summed E-state index contributed by atoms with van der Waals surface area (Å²) in [5.74, 6) is 0.779. The number of benzene rings is 1. The number of nitrogens with one attached hydrogen (secondary N) is 1. The van der Waals surface area contributed by atoms with Gasteiger partial charge in [-0.05, 0) is 49.6 Å². The van der Waals surface area contributed by atoms with Crippen LogP contribution in [0.15, 0.2) is 57.6 Å². The molecule has 1 aromatic heterocycles. The third-order valence-electron chi connectivity index (χ3n) is 5.53. The lowest BCUT2D eigenvalue weighted by Gasteiger charge is -2.36. The van der Waals surface area contributed by atoms with E-state index in [0.717, 1.165) is 17.7 Å². The molecule has 0 saturated carbocycles. The SMILES string of the molecule is Cc1cc(=NNC(=O)C(c2ccc(C(F)(F)F)cc2)N2CCC3SC(=O)C=C3C2)cc(C)o1. The van der Waals surface area contributed by atoms with Crippen LogP contribution in [-0.4, -0.2) is 34.3 Å². The Morgan fingerprint density at radius 3 is 2.52 bits per heavy atom. The molecule has 2 unspecified atom stereocenters. The minimum absolute atomic E-state index is 0.0115. The van der Waals surface area contributed by atoms with Crippen molar-refractivity contribution in [2.24, 2.45) is 5.10 Å². The minimum Gasteiger partial charge on any atom is -0.467 e. The maximum absolute atomic E-state index is 13.2. The number of piperidine rings is 1. The van der Waals surface area contributed by atoms with Gasteiger partial charge in [-0.25, -0.2) is 5.43 Å². The number of hydrogen-bond acceptors (Lipinski definition) is 6. The molecule has 0 bridgehead atoms. The van der Waals surface area contributed by atoms with Gasteiger partial charge in [-0.2, -0.15) is 18.3 Å². The molecule has 0 spiro atoms. The minimum atomic E-state index is -4.47. The third kappa shape index (κ3) is 5.39. The van der Waals surface area contributed by atoms with E-state index in [1.54, 1.807) is 32.1 Å². The van der Waals surface area contributed by atoms with Crippen molar-refractivity contribution in [1.82, 2.24) is 10.3 Å². The number of likely N-dealkylation sites (tertiary alicyclic amines) is 1. The number of thioether (sulfide) groups is 1. The van der Waals surface area contributed by atoms with E-state index in [4.69, 9.17) is 4.42 Å². The molecular weight excluding hydrogens is 455 g/mol. The Kier molecular flexibility index (Phi) is 6.49. The number of nitrogens with zero attached hydrogens (tertiary/aromatic N) is 2. The fourth-order valence-electron chi connectivity index (χ4n) is 4.10.